The van der Waals surface area contributed by atoms with Gasteiger partial charge in [0.15, 0.2) is 0 Å². The van der Waals surface area contributed by atoms with Crippen LogP contribution in [0.25, 0.3) is 0 Å². The average Bonchev–Trinajstić information content (AvgIpc) is 2.70. The lowest BCUT2D eigenvalue weighted by molar-refractivity contribution is -0.123. The molecule has 2 aromatic carbocycles. The van der Waals surface area contributed by atoms with Crippen molar-refractivity contribution in [3.05, 3.63) is 70.8 Å². The second-order valence-corrected chi connectivity index (χ2v) is 8.18. The first-order chi connectivity index (χ1) is 13.6. The van der Waals surface area contributed by atoms with E-state index in [1.54, 1.807) is 0 Å². The highest BCUT2D eigenvalue weighted by atomic mass is 16.1. The van der Waals surface area contributed by atoms with Gasteiger partial charge in [-0.3, -0.25) is 4.79 Å². The molecule has 0 spiro atoms. The van der Waals surface area contributed by atoms with E-state index in [-0.39, 0.29) is 17.9 Å². The topological polar surface area (TPSA) is 41.1 Å². The zero-order chi connectivity index (χ0) is 19.9. The standard InChI is InChI=1S/C25H34N2O/c1-4-5-11-22(21-13-12-18(2)16-19(21)3)25(28)27-24-14-15-26-17-23(24)20-9-7-6-8-10-20/h6-10,12-13,16,22-24,26H,4-5,11,14-15,17H2,1-3H3,(H,27,28). The van der Waals surface area contributed by atoms with Gasteiger partial charge in [0.2, 0.25) is 5.91 Å². The summed E-state index contributed by atoms with van der Waals surface area (Å²) in [5.41, 5.74) is 4.96. The van der Waals surface area contributed by atoms with E-state index in [4.69, 9.17) is 0 Å². The van der Waals surface area contributed by atoms with Gasteiger partial charge >= 0.3 is 0 Å². The van der Waals surface area contributed by atoms with Crippen molar-refractivity contribution < 1.29 is 4.79 Å². The average molecular weight is 379 g/mol. The lowest BCUT2D eigenvalue weighted by atomic mass is 9.85. The highest BCUT2D eigenvalue weighted by Gasteiger charge is 2.30. The minimum absolute atomic E-state index is 0.0631. The van der Waals surface area contributed by atoms with Gasteiger partial charge in [0, 0.05) is 18.5 Å². The van der Waals surface area contributed by atoms with E-state index in [0.29, 0.717) is 5.92 Å². The first kappa shape index (κ1) is 20.6. The molecule has 1 fully saturated rings. The highest BCUT2D eigenvalue weighted by molar-refractivity contribution is 5.84. The molecule has 3 unspecified atom stereocenters. The molecule has 3 atom stereocenters. The summed E-state index contributed by atoms with van der Waals surface area (Å²) in [7, 11) is 0. The van der Waals surface area contributed by atoms with Crippen molar-refractivity contribution in [1.82, 2.24) is 10.6 Å². The molecule has 3 rings (SSSR count). The molecule has 1 aliphatic heterocycles. The summed E-state index contributed by atoms with van der Waals surface area (Å²) in [6.45, 7) is 8.30. The van der Waals surface area contributed by atoms with Gasteiger partial charge in [0.05, 0.1) is 5.92 Å². The summed E-state index contributed by atoms with van der Waals surface area (Å²) in [6, 6.07) is 17.2. The summed E-state index contributed by atoms with van der Waals surface area (Å²) >= 11 is 0. The highest BCUT2D eigenvalue weighted by Crippen LogP contribution is 2.29. The molecular formula is C25H34N2O. The first-order valence-corrected chi connectivity index (χ1v) is 10.7. The Morgan fingerprint density at radius 2 is 1.96 bits per heavy atom. The Balaban J connectivity index is 1.80. The van der Waals surface area contributed by atoms with Crippen LogP contribution in [0.3, 0.4) is 0 Å². The Bertz CT molecular complexity index is 771. The van der Waals surface area contributed by atoms with Crippen molar-refractivity contribution in [2.45, 2.75) is 64.3 Å². The van der Waals surface area contributed by atoms with Crippen LogP contribution >= 0.6 is 0 Å². The fourth-order valence-electron chi connectivity index (χ4n) is 4.42. The van der Waals surface area contributed by atoms with Crippen LogP contribution in [-0.2, 0) is 4.79 Å². The monoisotopic (exact) mass is 378 g/mol. The largest absolute Gasteiger partial charge is 0.352 e. The molecule has 0 bridgehead atoms. The molecular weight excluding hydrogens is 344 g/mol. The van der Waals surface area contributed by atoms with Crippen LogP contribution in [0.5, 0.6) is 0 Å². The number of nitrogens with one attached hydrogen (secondary N) is 2. The van der Waals surface area contributed by atoms with E-state index in [1.807, 2.05) is 6.07 Å². The number of carbonyl (C=O) groups is 1. The number of rotatable bonds is 7. The van der Waals surface area contributed by atoms with Crippen molar-refractivity contribution in [2.75, 3.05) is 13.1 Å². The number of hydrogen-bond donors (Lipinski definition) is 2. The third-order valence-corrected chi connectivity index (χ3v) is 6.00. The minimum atomic E-state index is -0.0631. The van der Waals surface area contributed by atoms with Gasteiger partial charge in [0.1, 0.15) is 0 Å². The Hall–Kier alpha value is -2.13. The smallest absolute Gasteiger partial charge is 0.227 e. The van der Waals surface area contributed by atoms with E-state index in [1.165, 1.54) is 22.3 Å². The minimum Gasteiger partial charge on any atom is -0.352 e. The van der Waals surface area contributed by atoms with Crippen molar-refractivity contribution in [3.8, 4) is 0 Å². The number of hydrogen-bond acceptors (Lipinski definition) is 2. The molecule has 3 heteroatoms. The summed E-state index contributed by atoms with van der Waals surface area (Å²) in [4.78, 5) is 13.4. The zero-order valence-corrected chi connectivity index (χ0v) is 17.5. The van der Waals surface area contributed by atoms with E-state index < -0.39 is 0 Å². The maximum atomic E-state index is 13.4. The van der Waals surface area contributed by atoms with E-state index in [2.05, 4.69) is 73.9 Å². The van der Waals surface area contributed by atoms with Crippen LogP contribution in [0.15, 0.2) is 48.5 Å². The molecule has 1 aliphatic rings. The van der Waals surface area contributed by atoms with E-state index in [9.17, 15) is 4.79 Å². The number of carbonyl (C=O) groups excluding carboxylic acids is 1. The molecule has 2 N–H and O–H groups in total. The predicted octanol–water partition coefficient (Wildman–Crippen LogP) is 4.84. The third kappa shape index (κ3) is 5.02. The fourth-order valence-corrected chi connectivity index (χ4v) is 4.42. The van der Waals surface area contributed by atoms with Crippen molar-refractivity contribution >= 4 is 5.91 Å². The molecule has 0 saturated carbocycles. The Morgan fingerprint density at radius 3 is 2.68 bits per heavy atom. The molecule has 28 heavy (non-hydrogen) atoms. The van der Waals surface area contributed by atoms with Gasteiger partial charge in [-0.15, -0.1) is 0 Å². The van der Waals surface area contributed by atoms with Crippen LogP contribution in [0, 0.1) is 13.8 Å². The van der Waals surface area contributed by atoms with E-state index in [0.717, 1.165) is 38.8 Å². The first-order valence-electron chi connectivity index (χ1n) is 10.7. The molecule has 0 aromatic heterocycles. The summed E-state index contributed by atoms with van der Waals surface area (Å²) in [5.74, 6) is 0.449. The van der Waals surface area contributed by atoms with Gasteiger partial charge in [-0.1, -0.05) is 73.9 Å². The molecule has 2 aromatic rings. The summed E-state index contributed by atoms with van der Waals surface area (Å²) in [6.07, 6.45) is 4.06. The Kier molecular flexibility index (Phi) is 7.27. The van der Waals surface area contributed by atoms with Crippen LogP contribution < -0.4 is 10.6 Å². The van der Waals surface area contributed by atoms with Crippen LogP contribution in [0.2, 0.25) is 0 Å². The van der Waals surface area contributed by atoms with Crippen LogP contribution in [0.1, 0.15) is 66.7 Å². The van der Waals surface area contributed by atoms with E-state index >= 15 is 0 Å². The zero-order valence-electron chi connectivity index (χ0n) is 17.5. The lowest BCUT2D eigenvalue weighted by Crippen LogP contribution is -2.49. The summed E-state index contributed by atoms with van der Waals surface area (Å²) < 4.78 is 0. The predicted molar refractivity (Wildman–Crippen MR) is 117 cm³/mol. The van der Waals surface area contributed by atoms with Gasteiger partial charge in [0.25, 0.3) is 0 Å². The Labute approximate surface area is 169 Å². The maximum Gasteiger partial charge on any atom is 0.227 e. The molecule has 0 radical (unpaired) electrons. The number of benzene rings is 2. The number of unbranched alkanes of at least 4 members (excludes halogenated alkanes) is 1. The molecule has 0 aliphatic carbocycles. The molecule has 1 heterocycles. The van der Waals surface area contributed by atoms with Crippen molar-refractivity contribution in [1.29, 1.82) is 0 Å². The maximum absolute atomic E-state index is 13.4. The SMILES string of the molecule is CCCCC(C(=O)NC1CCNCC1c1ccccc1)c1ccc(C)cc1C. The molecule has 1 amide bonds. The quantitative estimate of drug-likeness (QED) is 0.724. The fraction of sp³-hybridized carbons (Fsp3) is 0.480. The normalized spacial score (nSPS) is 20.5. The van der Waals surface area contributed by atoms with Gasteiger partial charge in [-0.2, -0.15) is 0 Å². The van der Waals surface area contributed by atoms with Crippen LogP contribution in [0.4, 0.5) is 0 Å². The molecule has 3 nitrogen and oxygen atoms in total. The second kappa shape index (κ2) is 9.88. The number of aryl methyl sites for hydroxylation is 2. The van der Waals surface area contributed by atoms with Gasteiger partial charge in [-0.05, 0) is 49.9 Å². The molecule has 1 saturated heterocycles. The Morgan fingerprint density at radius 1 is 1.18 bits per heavy atom. The van der Waals surface area contributed by atoms with Gasteiger partial charge < -0.3 is 10.6 Å². The number of piperidine rings is 1. The lowest BCUT2D eigenvalue weighted by Gasteiger charge is -2.34. The number of amides is 1. The van der Waals surface area contributed by atoms with Crippen LogP contribution in [-0.4, -0.2) is 25.0 Å². The third-order valence-electron chi connectivity index (χ3n) is 6.00. The summed E-state index contributed by atoms with van der Waals surface area (Å²) in [5, 5.41) is 6.93. The second-order valence-electron chi connectivity index (χ2n) is 8.18. The van der Waals surface area contributed by atoms with Crippen molar-refractivity contribution in [2.24, 2.45) is 0 Å². The van der Waals surface area contributed by atoms with Crippen molar-refractivity contribution in [3.63, 3.8) is 0 Å². The molecule has 150 valence electrons. The van der Waals surface area contributed by atoms with Gasteiger partial charge in [-0.25, -0.2) is 0 Å².